The fourth-order valence-corrected chi connectivity index (χ4v) is 7.17. The first-order chi connectivity index (χ1) is 36.4. The molecule has 24 heteroatoms. The Morgan fingerprint density at radius 3 is 1.34 bits per heavy atom. The number of nitrogens with two attached hydrogens (primary N) is 1. The number of pyridine rings is 2. The van der Waals surface area contributed by atoms with E-state index in [0.29, 0.717) is 22.8 Å². The van der Waals surface area contributed by atoms with E-state index in [4.69, 9.17) is 67.6 Å². The van der Waals surface area contributed by atoms with Gasteiger partial charge in [-0.15, -0.1) is 0 Å². The second-order valence-electron chi connectivity index (χ2n) is 16.7. The van der Waals surface area contributed by atoms with Crippen LogP contribution in [0, 0.1) is 11.6 Å². The summed E-state index contributed by atoms with van der Waals surface area (Å²) in [5.41, 5.74) is 0.324. The molecule has 0 fully saturated rings. The fraction of sp³-hybridized carbons (Fsp3) is 0.321. The Kier molecular flexibility index (Phi) is 23.1. The molecular formula is C53H55Cl2F6N3O13. The summed E-state index contributed by atoms with van der Waals surface area (Å²) in [5, 5.41) is 47.9. The smallest absolute Gasteiger partial charge is 0.335 e. The Bertz CT molecular complexity index is 2960. The number of nitrogens with zero attached hydrogens (tertiary/aromatic N) is 2. The van der Waals surface area contributed by atoms with Gasteiger partial charge < -0.3 is 59.7 Å². The van der Waals surface area contributed by atoms with Gasteiger partial charge in [0.1, 0.15) is 47.7 Å². The summed E-state index contributed by atoms with van der Waals surface area (Å²) in [6, 6.07) is 21.2. The molecule has 2 aromatic heterocycles. The molecule has 0 saturated heterocycles. The number of methoxy groups -OCH3 is 4. The molecule has 0 aliphatic heterocycles. The molecule has 77 heavy (non-hydrogen) atoms. The molecule has 2 unspecified atom stereocenters. The summed E-state index contributed by atoms with van der Waals surface area (Å²) >= 11 is 11.6. The van der Waals surface area contributed by atoms with Crippen LogP contribution < -0.4 is 34.2 Å². The number of alkyl halides is 4. The molecule has 6 rings (SSSR count). The third kappa shape index (κ3) is 16.3. The molecule has 2 heterocycles. The average molecular weight is 1130 g/mol. The van der Waals surface area contributed by atoms with Crippen molar-refractivity contribution in [1.82, 2.24) is 9.97 Å². The van der Waals surface area contributed by atoms with E-state index in [1.54, 1.807) is 13.8 Å². The minimum atomic E-state index is -3.29. The number of hydrogen-bond donors (Lipinski definition) is 6. The van der Waals surface area contributed by atoms with E-state index in [2.05, 4.69) is 9.97 Å². The summed E-state index contributed by atoms with van der Waals surface area (Å²) in [5.74, 6) is -1.15. The van der Waals surface area contributed by atoms with Crippen LogP contribution in [0.3, 0.4) is 0 Å². The van der Waals surface area contributed by atoms with Crippen LogP contribution in [-0.2, 0) is 11.2 Å². The number of aliphatic hydroxyl groups excluding tert-OH is 2. The van der Waals surface area contributed by atoms with Gasteiger partial charge in [0.2, 0.25) is 0 Å². The second kappa shape index (κ2) is 28.5. The van der Waals surface area contributed by atoms with Crippen LogP contribution in [0.5, 0.6) is 34.5 Å². The lowest BCUT2D eigenvalue weighted by Crippen LogP contribution is -2.42. The highest BCUT2D eigenvalue weighted by Crippen LogP contribution is 2.39. The normalized spacial score (nSPS) is 13.4. The van der Waals surface area contributed by atoms with Crippen molar-refractivity contribution in [2.24, 2.45) is 5.73 Å². The summed E-state index contributed by atoms with van der Waals surface area (Å²) in [4.78, 5) is 31.8. The summed E-state index contributed by atoms with van der Waals surface area (Å²) in [6.07, 6.45) is -8.81. The molecule has 416 valence electrons. The number of ether oxygens (including phenoxy) is 6. The second-order valence-corrected chi connectivity index (χ2v) is 17.5. The van der Waals surface area contributed by atoms with Crippen LogP contribution in [0.25, 0.3) is 22.5 Å². The van der Waals surface area contributed by atoms with Crippen LogP contribution in [0.15, 0.2) is 97.1 Å². The quantitative estimate of drug-likeness (QED) is 0.0274. The van der Waals surface area contributed by atoms with Gasteiger partial charge in [0.15, 0.2) is 40.0 Å². The van der Waals surface area contributed by atoms with E-state index in [1.807, 2.05) is 0 Å². The molecule has 0 saturated carbocycles. The zero-order chi connectivity index (χ0) is 57.4. The lowest BCUT2D eigenvalue weighted by atomic mass is 9.90. The third-order valence-corrected chi connectivity index (χ3v) is 11.6. The predicted molar refractivity (Wildman–Crippen MR) is 272 cm³/mol. The zero-order valence-corrected chi connectivity index (χ0v) is 43.6. The molecule has 0 amide bonds. The van der Waals surface area contributed by atoms with Crippen molar-refractivity contribution in [3.05, 3.63) is 141 Å². The van der Waals surface area contributed by atoms with Crippen LogP contribution in [0.1, 0.15) is 58.8 Å². The topological polar surface area (TPSA) is 242 Å². The number of carboxylic acids is 1. The number of ketones is 1. The van der Waals surface area contributed by atoms with E-state index in [0.717, 1.165) is 12.1 Å². The first kappa shape index (κ1) is 62.6. The number of carbonyl (C=O) groups excluding carboxylic acids is 1. The molecule has 4 atom stereocenters. The maximum absolute atomic E-state index is 14.2. The van der Waals surface area contributed by atoms with Gasteiger partial charge in [0.05, 0.1) is 67.6 Å². The maximum atomic E-state index is 14.2. The molecule has 6 aromatic rings. The highest BCUT2D eigenvalue weighted by Gasteiger charge is 2.42. The number of aliphatic hydroxyl groups is 4. The summed E-state index contributed by atoms with van der Waals surface area (Å²) < 4.78 is 113. The Morgan fingerprint density at radius 1 is 0.584 bits per heavy atom. The number of carbonyl (C=O) groups is 2. The van der Waals surface area contributed by atoms with Crippen LogP contribution in [0.2, 0.25) is 10.0 Å². The number of hydrogen-bond acceptors (Lipinski definition) is 15. The standard InChI is InChI=1S/C27H27ClF3NO6.C15H14ClF3N2O2.C11H14O5/c1-15(33)14-38-21-7-5-16(13-23(21)37-3)20(34)10-11-27(35,26(30)31)24-9-8-22(36-2)25(32-24)17-4-6-19(29)18(28)12-17;1-23-11-4-5-12(15(22,7-20)14(18)19)21-13(11)8-2-3-10(17)9(16)6-8;1-7(12)6-16-9-4-3-8(11(13)14)5-10(9)15-2/h4-9,12-13,15,26,33,35H,10-11,14H2,1-3H3;2-6,14,22H,7,20H2,1H3;3-5,7,12H,6H2,1-2H3,(H,13,14)/t15-,27?;;7-/m1.1/s1. The molecule has 0 bridgehead atoms. The van der Waals surface area contributed by atoms with Crippen LogP contribution in [-0.4, -0.2) is 121 Å². The molecule has 16 nitrogen and oxygen atoms in total. The monoisotopic (exact) mass is 1130 g/mol. The van der Waals surface area contributed by atoms with Gasteiger partial charge in [-0.25, -0.2) is 41.1 Å². The Labute approximate surface area is 448 Å². The van der Waals surface area contributed by atoms with Crippen molar-refractivity contribution in [1.29, 1.82) is 0 Å². The summed E-state index contributed by atoms with van der Waals surface area (Å²) in [6.45, 7) is 2.56. The average Bonchev–Trinajstić information content (AvgIpc) is 3.41. The minimum absolute atomic E-state index is 0.00600. The number of halogens is 8. The van der Waals surface area contributed by atoms with Gasteiger partial charge in [0.25, 0.3) is 12.9 Å². The third-order valence-electron chi connectivity index (χ3n) is 11.1. The molecule has 4 aromatic carbocycles. The van der Waals surface area contributed by atoms with Crippen LogP contribution in [0.4, 0.5) is 26.3 Å². The fourth-order valence-electron chi connectivity index (χ4n) is 6.81. The SMILES string of the molecule is COc1cc(C(=O)CCC(O)(c2ccc(OC)c(-c3ccc(F)c(Cl)c3)n2)C(F)F)ccc1OC[C@@H](C)O.COc1cc(C(=O)O)ccc1OC[C@@H](C)O.COc1ccc(C(O)(CN)C(F)F)nc1-c1ccc(F)c(Cl)c1. The van der Waals surface area contributed by atoms with Gasteiger partial charge in [-0.05, 0) is 117 Å². The van der Waals surface area contributed by atoms with Crippen molar-refractivity contribution in [3.8, 4) is 57.0 Å². The van der Waals surface area contributed by atoms with Crippen molar-refractivity contribution >= 4 is 35.0 Å². The highest BCUT2D eigenvalue weighted by molar-refractivity contribution is 6.31. The van der Waals surface area contributed by atoms with Gasteiger partial charge >= 0.3 is 5.97 Å². The van der Waals surface area contributed by atoms with E-state index < -0.39 is 84.7 Å². The first-order valence-corrected chi connectivity index (χ1v) is 23.6. The summed E-state index contributed by atoms with van der Waals surface area (Å²) in [7, 11) is 5.51. The number of Topliss-reactive ketones (excluding diaryl/α,β-unsaturated/α-hetero) is 1. The van der Waals surface area contributed by atoms with E-state index in [-0.39, 0.29) is 74.3 Å². The molecule has 0 radical (unpaired) electrons. The molecule has 7 N–H and O–H groups in total. The Morgan fingerprint density at radius 2 is 0.974 bits per heavy atom. The number of rotatable bonds is 22. The highest BCUT2D eigenvalue weighted by atomic mass is 35.5. The van der Waals surface area contributed by atoms with Gasteiger partial charge in [-0.1, -0.05) is 23.2 Å². The van der Waals surface area contributed by atoms with Crippen LogP contribution >= 0.6 is 23.2 Å². The lowest BCUT2D eigenvalue weighted by Gasteiger charge is -2.27. The number of aromatic nitrogens is 2. The maximum Gasteiger partial charge on any atom is 0.335 e. The van der Waals surface area contributed by atoms with E-state index in [9.17, 15) is 51.3 Å². The minimum Gasteiger partial charge on any atom is -0.494 e. The number of aromatic carboxylic acids is 1. The van der Waals surface area contributed by atoms with Crippen molar-refractivity contribution in [2.75, 3.05) is 48.2 Å². The van der Waals surface area contributed by atoms with Gasteiger partial charge in [-0.3, -0.25) is 4.79 Å². The predicted octanol–water partition coefficient (Wildman–Crippen LogP) is 9.55. The zero-order valence-electron chi connectivity index (χ0n) is 42.1. The van der Waals surface area contributed by atoms with Crippen molar-refractivity contribution < 1.29 is 89.9 Å². The van der Waals surface area contributed by atoms with Crippen molar-refractivity contribution in [2.45, 2.75) is 63.0 Å². The molecule has 0 aliphatic rings. The van der Waals surface area contributed by atoms with Crippen molar-refractivity contribution in [3.63, 3.8) is 0 Å². The largest absolute Gasteiger partial charge is 0.494 e. The Balaban J connectivity index is 0.000000277. The van der Waals surface area contributed by atoms with E-state index in [1.165, 1.54) is 113 Å². The van der Waals surface area contributed by atoms with E-state index >= 15 is 0 Å². The number of benzene rings is 4. The van der Waals surface area contributed by atoms with Gasteiger partial charge in [0, 0.05) is 29.7 Å². The first-order valence-electron chi connectivity index (χ1n) is 22.8. The Hall–Kier alpha value is -6.92. The molecule has 0 spiro atoms. The molecular weight excluding hydrogens is 1070 g/mol. The lowest BCUT2D eigenvalue weighted by molar-refractivity contribution is -0.109. The molecule has 0 aliphatic carbocycles. The number of carboxylic acid groups (broad SMARTS) is 1. The van der Waals surface area contributed by atoms with Gasteiger partial charge in [-0.2, -0.15) is 0 Å².